The van der Waals surface area contributed by atoms with Crippen LogP contribution in [0.4, 0.5) is 0 Å². The van der Waals surface area contributed by atoms with Gasteiger partial charge in [0.1, 0.15) is 6.10 Å². The molecule has 0 amide bonds. The number of hydrogen-bond donors (Lipinski definition) is 3. The van der Waals surface area contributed by atoms with Gasteiger partial charge in [0, 0.05) is 0 Å². The molecule has 0 aliphatic heterocycles. The van der Waals surface area contributed by atoms with Crippen LogP contribution in [-0.4, -0.2) is 72.1 Å². The average molecular weight is 196 g/mol. The molecule has 0 bridgehead atoms. The van der Waals surface area contributed by atoms with Gasteiger partial charge in [0.25, 0.3) is 0 Å². The van der Waals surface area contributed by atoms with E-state index >= 15 is 0 Å². The van der Waals surface area contributed by atoms with Crippen LogP contribution in [0.25, 0.3) is 0 Å². The Morgan fingerprint density at radius 1 is 1.45 bits per heavy atom. The Kier molecular flexibility index (Phi) is 8.23. The van der Waals surface area contributed by atoms with Crippen LogP contribution < -0.4 is 0 Å². The first-order valence-electron chi connectivity index (χ1n) is 2.36. The summed E-state index contributed by atoms with van der Waals surface area (Å²) < 4.78 is 31.2. The first-order valence-corrected chi connectivity index (χ1v) is 3.73. The van der Waals surface area contributed by atoms with Gasteiger partial charge < -0.3 is 10.2 Å². The molecule has 0 aromatic heterocycles. The van der Waals surface area contributed by atoms with E-state index in [0.717, 1.165) is 0 Å². The number of aliphatic hydroxyl groups is 2. The molecule has 6 nitrogen and oxygen atoms in total. The summed E-state index contributed by atoms with van der Waals surface area (Å²) in [6.45, 7) is -1.26. The van der Waals surface area contributed by atoms with Crippen molar-refractivity contribution in [1.29, 1.82) is 0 Å². The third-order valence-corrected chi connectivity index (χ3v) is 1.05. The summed E-state index contributed by atoms with van der Waals surface area (Å²) in [5.41, 5.74) is 0. The number of rotatable bonds is 4. The number of aliphatic hydroxyl groups excluding tert-OH is 2. The molecule has 0 radical (unpaired) electrons. The molecule has 1 unspecified atom stereocenters. The molecule has 8 heteroatoms. The Bertz CT molecular complexity index is 176. The zero-order valence-electron chi connectivity index (χ0n) is 4.97. The van der Waals surface area contributed by atoms with Gasteiger partial charge >= 0.3 is 40.0 Å². The minimum atomic E-state index is -4.50. The Balaban J connectivity index is 0. The van der Waals surface area contributed by atoms with E-state index in [1.54, 1.807) is 0 Å². The van der Waals surface area contributed by atoms with E-state index in [-0.39, 0.29) is 29.6 Å². The zero-order valence-corrected chi connectivity index (χ0v) is 5.78. The third-order valence-electron chi connectivity index (χ3n) is 0.620. The molecule has 0 saturated heterocycles. The summed E-state index contributed by atoms with van der Waals surface area (Å²) in [7, 11) is -4.50. The molecular weight excluding hydrogens is 187 g/mol. The molecule has 0 aromatic rings. The van der Waals surface area contributed by atoms with E-state index in [9.17, 15) is 8.42 Å². The topological polar surface area (TPSA) is 104 Å². The van der Waals surface area contributed by atoms with Gasteiger partial charge in [-0.3, -0.25) is 4.55 Å². The van der Waals surface area contributed by atoms with Crippen LogP contribution in [0, 0.1) is 0 Å². The average Bonchev–Trinajstić information content (AvgIpc) is 1.81. The Morgan fingerprint density at radius 3 is 2.18 bits per heavy atom. The molecule has 0 rings (SSSR count). The van der Waals surface area contributed by atoms with Crippen molar-refractivity contribution < 1.29 is 27.4 Å². The Labute approximate surface area is 86.4 Å². The molecule has 0 fully saturated rings. The van der Waals surface area contributed by atoms with Crippen LogP contribution in [0.5, 0.6) is 0 Å². The Morgan fingerprint density at radius 2 is 1.91 bits per heavy atom. The molecule has 64 valence electrons. The van der Waals surface area contributed by atoms with Crippen LogP contribution in [0.1, 0.15) is 0 Å². The van der Waals surface area contributed by atoms with E-state index in [2.05, 4.69) is 4.18 Å². The first-order chi connectivity index (χ1) is 4.45. The predicted octanol–water partition coefficient (Wildman–Crippen LogP) is -2.49. The molecule has 0 aliphatic rings. The first kappa shape index (κ1) is 14.3. The Hall–Kier alpha value is 0.790. The predicted molar refractivity (Wildman–Crippen MR) is 37.7 cm³/mol. The van der Waals surface area contributed by atoms with Crippen molar-refractivity contribution in [3.63, 3.8) is 0 Å². The van der Waals surface area contributed by atoms with Crippen molar-refractivity contribution in [3.8, 4) is 0 Å². The zero-order chi connectivity index (χ0) is 8.20. The maximum atomic E-state index is 9.79. The van der Waals surface area contributed by atoms with Crippen LogP contribution in [0.2, 0.25) is 0 Å². The van der Waals surface area contributed by atoms with Crippen LogP contribution in [0.15, 0.2) is 0 Å². The molecule has 1 atom stereocenters. The SMILES string of the molecule is O=S(=O)(O)OCC(O)CO.[NaH]. The van der Waals surface area contributed by atoms with Crippen molar-refractivity contribution in [2.24, 2.45) is 0 Å². The number of hydrogen-bond acceptors (Lipinski definition) is 5. The quantitative estimate of drug-likeness (QED) is 0.339. The summed E-state index contributed by atoms with van der Waals surface area (Å²) in [6, 6.07) is 0. The van der Waals surface area contributed by atoms with Crippen LogP contribution in [-0.2, 0) is 14.6 Å². The molecule has 3 N–H and O–H groups in total. The second-order valence-electron chi connectivity index (χ2n) is 1.55. The summed E-state index contributed by atoms with van der Waals surface area (Å²) in [5, 5.41) is 16.6. The van der Waals surface area contributed by atoms with Gasteiger partial charge in [-0.2, -0.15) is 8.42 Å². The van der Waals surface area contributed by atoms with Crippen LogP contribution >= 0.6 is 0 Å². The molecule has 0 spiro atoms. The van der Waals surface area contributed by atoms with Crippen molar-refractivity contribution in [2.45, 2.75) is 6.10 Å². The fraction of sp³-hybridized carbons (Fsp3) is 1.00. The van der Waals surface area contributed by atoms with Crippen molar-refractivity contribution in [1.82, 2.24) is 0 Å². The van der Waals surface area contributed by atoms with Gasteiger partial charge in [-0.15, -0.1) is 0 Å². The van der Waals surface area contributed by atoms with Gasteiger partial charge in [-0.1, -0.05) is 0 Å². The van der Waals surface area contributed by atoms with E-state index in [1.807, 2.05) is 0 Å². The second kappa shape index (κ2) is 6.32. The second-order valence-corrected chi connectivity index (χ2v) is 2.64. The van der Waals surface area contributed by atoms with E-state index in [0.29, 0.717) is 0 Å². The fourth-order valence-electron chi connectivity index (χ4n) is 0.217. The standard InChI is InChI=1S/C3H8O6S.Na.H/c4-1-3(5)2-9-10(6,7)8;;/h3-5H,1-2H2,(H,6,7,8);;. The molecule has 0 aromatic carbocycles. The molecule has 0 heterocycles. The van der Waals surface area contributed by atoms with Gasteiger partial charge in [0.15, 0.2) is 0 Å². The van der Waals surface area contributed by atoms with E-state index in [4.69, 9.17) is 14.8 Å². The van der Waals surface area contributed by atoms with Gasteiger partial charge in [-0.05, 0) is 0 Å². The van der Waals surface area contributed by atoms with Gasteiger partial charge in [0.05, 0.1) is 13.2 Å². The summed E-state index contributed by atoms with van der Waals surface area (Å²) in [6.07, 6.45) is -1.29. The molecular formula is C3H9NaO6S. The van der Waals surface area contributed by atoms with Gasteiger partial charge in [-0.25, -0.2) is 4.18 Å². The minimum absolute atomic E-state index is 0. The molecule has 0 aliphatic carbocycles. The fourth-order valence-corrected chi connectivity index (χ4v) is 0.546. The monoisotopic (exact) mass is 196 g/mol. The maximum absolute atomic E-state index is 9.79. The molecule has 0 saturated carbocycles. The van der Waals surface area contributed by atoms with Crippen molar-refractivity contribution >= 4 is 40.0 Å². The van der Waals surface area contributed by atoms with Crippen molar-refractivity contribution in [2.75, 3.05) is 13.2 Å². The van der Waals surface area contributed by atoms with Crippen molar-refractivity contribution in [3.05, 3.63) is 0 Å². The normalized spacial score (nSPS) is 13.7. The van der Waals surface area contributed by atoms with E-state index in [1.165, 1.54) is 0 Å². The molecule has 11 heavy (non-hydrogen) atoms. The summed E-state index contributed by atoms with van der Waals surface area (Å²) in [4.78, 5) is 0. The van der Waals surface area contributed by atoms with Crippen LogP contribution in [0.3, 0.4) is 0 Å². The summed E-state index contributed by atoms with van der Waals surface area (Å²) >= 11 is 0. The van der Waals surface area contributed by atoms with Gasteiger partial charge in [0.2, 0.25) is 0 Å². The third kappa shape index (κ3) is 10.8. The van der Waals surface area contributed by atoms with E-state index < -0.39 is 29.7 Å². The summed E-state index contributed by atoms with van der Waals surface area (Å²) in [5.74, 6) is 0.